The lowest BCUT2D eigenvalue weighted by Gasteiger charge is -2.34. The van der Waals surface area contributed by atoms with Crippen molar-refractivity contribution in [1.29, 1.82) is 5.26 Å². The van der Waals surface area contributed by atoms with Gasteiger partial charge in [-0.15, -0.1) is 0 Å². The molecule has 3 unspecified atom stereocenters. The minimum atomic E-state index is -1.32. The van der Waals surface area contributed by atoms with E-state index in [0.717, 1.165) is 44.5 Å². The van der Waals surface area contributed by atoms with Gasteiger partial charge in [0, 0.05) is 19.4 Å². The zero-order valence-electron chi connectivity index (χ0n) is 18.2. The van der Waals surface area contributed by atoms with Gasteiger partial charge in [0.15, 0.2) is 0 Å². The molecule has 30 heavy (non-hydrogen) atoms. The van der Waals surface area contributed by atoms with E-state index < -0.39 is 12.3 Å². The third-order valence-corrected chi connectivity index (χ3v) is 5.66. The van der Waals surface area contributed by atoms with Gasteiger partial charge in [-0.25, -0.2) is 8.78 Å². The fourth-order valence-corrected chi connectivity index (χ4v) is 3.90. The Labute approximate surface area is 180 Å². The van der Waals surface area contributed by atoms with Gasteiger partial charge in [0.25, 0.3) is 0 Å². The minimum absolute atomic E-state index is 0.243. The van der Waals surface area contributed by atoms with Gasteiger partial charge < -0.3 is 4.90 Å². The SMILES string of the molecule is CC#N.CCCN(CCCc1ccc(C2CC(F)C2F)cc1)CCc1ccccc1. The van der Waals surface area contributed by atoms with Crippen LogP contribution in [0.15, 0.2) is 54.6 Å². The maximum Gasteiger partial charge on any atom is 0.138 e. The second-order valence-corrected chi connectivity index (χ2v) is 7.95. The Bertz CT molecular complexity index is 755. The Hall–Kier alpha value is -2.25. The molecule has 0 spiro atoms. The number of hydrogen-bond acceptors (Lipinski definition) is 2. The summed E-state index contributed by atoms with van der Waals surface area (Å²) in [7, 11) is 0. The molecule has 0 amide bonds. The normalized spacial score (nSPS) is 20.1. The highest BCUT2D eigenvalue weighted by Gasteiger charge is 2.42. The van der Waals surface area contributed by atoms with Crippen molar-refractivity contribution in [2.24, 2.45) is 0 Å². The number of aryl methyl sites for hydroxylation is 1. The third-order valence-electron chi connectivity index (χ3n) is 5.66. The van der Waals surface area contributed by atoms with Gasteiger partial charge >= 0.3 is 0 Å². The first-order valence-electron chi connectivity index (χ1n) is 11.0. The lowest BCUT2D eigenvalue weighted by Crippen LogP contribution is -2.38. The fourth-order valence-electron chi connectivity index (χ4n) is 3.90. The molecule has 4 heteroatoms. The first-order valence-corrected chi connectivity index (χ1v) is 11.0. The predicted molar refractivity (Wildman–Crippen MR) is 120 cm³/mol. The van der Waals surface area contributed by atoms with E-state index in [9.17, 15) is 8.78 Å². The van der Waals surface area contributed by atoms with Crippen molar-refractivity contribution in [2.45, 2.75) is 64.2 Å². The average Bonchev–Trinajstić information content (AvgIpc) is 2.77. The summed E-state index contributed by atoms with van der Waals surface area (Å²) >= 11 is 0. The largest absolute Gasteiger partial charge is 0.303 e. The number of hydrogen-bond donors (Lipinski definition) is 0. The minimum Gasteiger partial charge on any atom is -0.303 e. The van der Waals surface area contributed by atoms with E-state index in [0.29, 0.717) is 6.42 Å². The van der Waals surface area contributed by atoms with Crippen LogP contribution in [0, 0.1) is 11.3 Å². The molecule has 1 saturated carbocycles. The summed E-state index contributed by atoms with van der Waals surface area (Å²) < 4.78 is 26.6. The number of alkyl halides is 2. The summed E-state index contributed by atoms with van der Waals surface area (Å²) in [6.45, 7) is 6.99. The Morgan fingerprint density at radius 1 is 0.933 bits per heavy atom. The quantitative estimate of drug-likeness (QED) is 0.460. The first kappa shape index (κ1) is 24.0. The lowest BCUT2D eigenvalue weighted by atomic mass is 9.76. The highest BCUT2D eigenvalue weighted by atomic mass is 19.2. The molecule has 2 nitrogen and oxygen atoms in total. The van der Waals surface area contributed by atoms with Gasteiger partial charge in [-0.05, 0) is 61.9 Å². The topological polar surface area (TPSA) is 27.0 Å². The molecule has 2 aromatic carbocycles. The lowest BCUT2D eigenvalue weighted by molar-refractivity contribution is 0.0428. The number of halogens is 2. The van der Waals surface area contributed by atoms with Crippen LogP contribution < -0.4 is 0 Å². The molecule has 162 valence electrons. The van der Waals surface area contributed by atoms with E-state index in [1.165, 1.54) is 24.5 Å². The van der Waals surface area contributed by atoms with Crippen molar-refractivity contribution in [3.63, 3.8) is 0 Å². The van der Waals surface area contributed by atoms with Crippen LogP contribution >= 0.6 is 0 Å². The van der Waals surface area contributed by atoms with E-state index in [1.54, 1.807) is 6.07 Å². The molecule has 2 aromatic rings. The van der Waals surface area contributed by atoms with E-state index in [-0.39, 0.29) is 5.92 Å². The zero-order chi connectivity index (χ0) is 21.8. The average molecular weight is 413 g/mol. The van der Waals surface area contributed by atoms with Crippen LogP contribution in [0.1, 0.15) is 55.7 Å². The Morgan fingerprint density at radius 2 is 1.57 bits per heavy atom. The standard InChI is InChI=1S/C24H31F2N.C2H3N/c1-2-15-27(17-14-19-7-4-3-5-8-19)16-6-9-20-10-12-21(13-11-20)22-18-23(25)24(22)26;1-2-3/h3-5,7-8,10-13,22-24H,2,6,9,14-18H2,1H3;1H3. The molecule has 3 rings (SSSR count). The molecule has 1 aliphatic carbocycles. The Balaban J connectivity index is 0.00000101. The smallest absolute Gasteiger partial charge is 0.138 e. The maximum absolute atomic E-state index is 13.5. The number of nitriles is 1. The summed E-state index contributed by atoms with van der Waals surface area (Å²) in [6, 6.07) is 20.5. The van der Waals surface area contributed by atoms with E-state index >= 15 is 0 Å². The second-order valence-electron chi connectivity index (χ2n) is 7.95. The van der Waals surface area contributed by atoms with Crippen molar-refractivity contribution in [3.05, 3.63) is 71.3 Å². The molecule has 0 radical (unpaired) electrons. The van der Waals surface area contributed by atoms with Crippen LogP contribution in [0.4, 0.5) is 8.78 Å². The van der Waals surface area contributed by atoms with Crippen molar-refractivity contribution >= 4 is 0 Å². The number of rotatable bonds is 10. The molecule has 3 atom stereocenters. The van der Waals surface area contributed by atoms with Crippen LogP contribution in [-0.4, -0.2) is 36.9 Å². The molecule has 0 aliphatic heterocycles. The van der Waals surface area contributed by atoms with Crippen LogP contribution in [0.3, 0.4) is 0 Å². The number of nitrogens with zero attached hydrogens (tertiary/aromatic N) is 2. The van der Waals surface area contributed by atoms with Gasteiger partial charge in [-0.2, -0.15) is 5.26 Å². The van der Waals surface area contributed by atoms with E-state index in [1.807, 2.05) is 12.1 Å². The third kappa shape index (κ3) is 7.54. The summed E-state index contributed by atoms with van der Waals surface area (Å²) in [6.07, 6.45) is 2.16. The van der Waals surface area contributed by atoms with Crippen LogP contribution in [0.25, 0.3) is 0 Å². The van der Waals surface area contributed by atoms with Gasteiger partial charge in [0.05, 0.1) is 6.07 Å². The summed E-state index contributed by atoms with van der Waals surface area (Å²) in [5.41, 5.74) is 3.62. The molecule has 0 aromatic heterocycles. The maximum atomic E-state index is 13.5. The van der Waals surface area contributed by atoms with Gasteiger partial charge in [-0.3, -0.25) is 0 Å². The molecule has 0 saturated heterocycles. The van der Waals surface area contributed by atoms with Crippen LogP contribution in [0.5, 0.6) is 0 Å². The van der Waals surface area contributed by atoms with Crippen molar-refractivity contribution in [1.82, 2.24) is 4.90 Å². The number of benzene rings is 2. The molecule has 0 heterocycles. The van der Waals surface area contributed by atoms with Crippen LogP contribution in [0.2, 0.25) is 0 Å². The molecule has 0 bridgehead atoms. The van der Waals surface area contributed by atoms with Crippen molar-refractivity contribution in [3.8, 4) is 6.07 Å². The summed E-state index contributed by atoms with van der Waals surface area (Å²) in [5, 5.41) is 7.32. The molecule has 1 fully saturated rings. The predicted octanol–water partition coefficient (Wildman–Crippen LogP) is 6.27. The molecular weight excluding hydrogens is 378 g/mol. The van der Waals surface area contributed by atoms with E-state index in [4.69, 9.17) is 5.26 Å². The van der Waals surface area contributed by atoms with Crippen LogP contribution in [-0.2, 0) is 12.8 Å². The molecule has 0 N–H and O–H groups in total. The second kappa shape index (κ2) is 13.1. The van der Waals surface area contributed by atoms with Crippen molar-refractivity contribution < 1.29 is 8.78 Å². The Morgan fingerprint density at radius 3 is 2.13 bits per heavy atom. The van der Waals surface area contributed by atoms with Gasteiger partial charge in [0.1, 0.15) is 12.3 Å². The monoisotopic (exact) mass is 412 g/mol. The Kier molecular flexibility index (Phi) is 10.5. The van der Waals surface area contributed by atoms with Gasteiger partial charge in [0.2, 0.25) is 0 Å². The van der Waals surface area contributed by atoms with Crippen molar-refractivity contribution in [2.75, 3.05) is 19.6 Å². The van der Waals surface area contributed by atoms with E-state index in [2.05, 4.69) is 54.3 Å². The van der Waals surface area contributed by atoms with Gasteiger partial charge in [-0.1, -0.05) is 61.5 Å². The first-order chi connectivity index (χ1) is 14.6. The highest BCUT2D eigenvalue weighted by Crippen LogP contribution is 2.41. The fraction of sp³-hybridized carbons (Fsp3) is 0.500. The summed E-state index contributed by atoms with van der Waals surface area (Å²) in [5.74, 6) is -0.243. The zero-order valence-corrected chi connectivity index (χ0v) is 18.2. The highest BCUT2D eigenvalue weighted by molar-refractivity contribution is 5.29. The molecule has 1 aliphatic rings. The molecular formula is C26H34F2N2. The summed E-state index contributed by atoms with van der Waals surface area (Å²) in [4.78, 5) is 2.55.